The summed E-state index contributed by atoms with van der Waals surface area (Å²) in [7, 11) is 4.00. The Hall–Kier alpha value is -6.50. The van der Waals surface area contributed by atoms with Gasteiger partial charge in [-0.05, 0) is 179 Å². The van der Waals surface area contributed by atoms with Crippen LogP contribution in [0, 0.1) is 0 Å². The molecule has 4 aromatic rings. The Kier molecular flexibility index (Phi) is 16.6. The minimum absolute atomic E-state index is 0. The fraction of sp³-hybridized carbons (Fsp3) is 0.196. The molecule has 0 spiro atoms. The third-order valence-electron chi connectivity index (χ3n) is 7.48. The van der Waals surface area contributed by atoms with Crippen molar-refractivity contribution in [3.63, 3.8) is 0 Å². The first kappa shape index (κ1) is 39.9. The zero-order chi connectivity index (χ0) is 36.3. The van der Waals surface area contributed by atoms with Crippen LogP contribution in [0.4, 0.5) is 5.69 Å². The van der Waals surface area contributed by atoms with Crippen molar-refractivity contribution >= 4 is 44.9 Å². The van der Waals surface area contributed by atoms with Gasteiger partial charge in [-0.25, -0.2) is 9.97 Å². The third-order valence-corrected chi connectivity index (χ3v) is 7.97. The first-order chi connectivity index (χ1) is 24.9. The fourth-order valence-corrected chi connectivity index (χ4v) is 5.68. The fourth-order valence-electron chi connectivity index (χ4n) is 5.32. The molecule has 2 aromatic carbocycles. The molecule has 2 heterocycles. The number of aryl methyl sites for hydroxylation is 4. The van der Waals surface area contributed by atoms with E-state index in [2.05, 4.69) is 181 Å². The topological polar surface area (TPSA) is 47.7 Å². The molecule has 0 amide bonds. The van der Waals surface area contributed by atoms with Crippen molar-refractivity contribution in [3.8, 4) is 0 Å². The molecule has 5 nitrogen and oxygen atoms in total. The first-order valence-corrected chi connectivity index (χ1v) is 17.0. The number of nitrogens with one attached hydrogen (secondary N) is 1. The Balaban J connectivity index is 0.000000210. The Morgan fingerprint density at radius 3 is 1.54 bits per heavy atom. The maximum absolute atomic E-state index is 4.38. The van der Waals surface area contributed by atoms with E-state index in [4.69, 9.17) is 0 Å². The monoisotopic (exact) mass is 741 g/mol. The second-order valence-corrected chi connectivity index (χ2v) is 12.1. The molecule has 0 saturated carbocycles. The van der Waals surface area contributed by atoms with Gasteiger partial charge in [-0.15, -0.1) is 0 Å². The summed E-state index contributed by atoms with van der Waals surface area (Å²) in [5.74, 6) is 0. The average Bonchev–Trinajstić information content (AvgIpc) is 3.93. The molecule has 0 bridgehead atoms. The van der Waals surface area contributed by atoms with Gasteiger partial charge in [0.15, 0.2) is 0 Å². The van der Waals surface area contributed by atoms with Crippen LogP contribution < -0.4 is 5.32 Å². The largest absolute Gasteiger partial charge is 0.385 e. The van der Waals surface area contributed by atoms with Crippen LogP contribution in [0.3, 0.4) is 0 Å². The van der Waals surface area contributed by atoms with E-state index in [9.17, 15) is 0 Å². The summed E-state index contributed by atoms with van der Waals surface area (Å²) in [6.45, 7) is 9.66. The van der Waals surface area contributed by atoms with Gasteiger partial charge in [0.25, 0.3) is 0 Å². The molecule has 6 heteroatoms. The number of imidazole rings is 2. The first-order valence-electron chi connectivity index (χ1n) is 16.2. The summed E-state index contributed by atoms with van der Waals surface area (Å²) < 4.78 is 5.10. The zero-order valence-electron chi connectivity index (χ0n) is 29.0. The zero-order valence-corrected chi connectivity index (χ0v) is 30.6. The molecule has 2 aromatic heterocycles. The van der Waals surface area contributed by atoms with Crippen molar-refractivity contribution in [2.24, 2.45) is 14.1 Å². The van der Waals surface area contributed by atoms with Gasteiger partial charge in [0, 0.05) is 43.2 Å². The molecule has 0 saturated heterocycles. The summed E-state index contributed by atoms with van der Waals surface area (Å²) in [6.07, 6.45) is 16.7. The highest BCUT2D eigenvalue weighted by Gasteiger charge is 2.17. The van der Waals surface area contributed by atoms with E-state index in [1.54, 1.807) is 0 Å². The van der Waals surface area contributed by atoms with Crippen LogP contribution >= 0.6 is 15.9 Å². The molecule has 0 unspecified atom stereocenters. The minimum Gasteiger partial charge on any atom is -0.385 e. The van der Waals surface area contributed by atoms with E-state index in [0.717, 1.165) is 48.1 Å². The molecule has 1 N–H and O–H groups in total. The Labute approximate surface area is 315 Å². The second kappa shape index (κ2) is 21.6. The minimum atomic E-state index is 0. The standard InChI is InChI=1S/C16H19N3.C15H4.C14H13BrN2.CH4/c1-3-17-14-7-6-12-4-5-13(16(12)9-14)8-15-10-19(2)11-18-15;1-3-5-7-9-11-13-15-14-12-10-8-6-4-2;1-17-8-13(16-9-17)6-11-3-2-10-4-5-12(15)7-14(10)11;/h6-11,17H,3-5H2,1-2H3;1-2H2;4-9H,2-3H2,1H3;1H4/b13-8+;;11-6+;. The van der Waals surface area contributed by atoms with Crippen molar-refractivity contribution < 1.29 is 0 Å². The Bertz CT molecular complexity index is 2410. The maximum atomic E-state index is 4.38. The molecule has 256 valence electrons. The lowest BCUT2D eigenvalue weighted by atomic mass is 10.1. The molecule has 0 aliphatic heterocycles. The lowest BCUT2D eigenvalue weighted by molar-refractivity contribution is 0.913. The van der Waals surface area contributed by atoms with Crippen molar-refractivity contribution in [2.45, 2.75) is 40.0 Å². The lowest BCUT2D eigenvalue weighted by Crippen LogP contribution is -1.97. The molecule has 0 atom stereocenters. The number of fused-ring (bicyclic) bond motifs is 2. The highest BCUT2D eigenvalue weighted by atomic mass is 79.9. The van der Waals surface area contributed by atoms with Crippen LogP contribution in [0.15, 0.2) is 154 Å². The third kappa shape index (κ3) is 12.8. The molecular formula is C46H40BrN5. The molecular weight excluding hydrogens is 702 g/mol. The van der Waals surface area contributed by atoms with Gasteiger partial charge in [0.1, 0.15) is 0 Å². The second-order valence-electron chi connectivity index (χ2n) is 11.2. The molecule has 2 aliphatic rings. The summed E-state index contributed by atoms with van der Waals surface area (Å²) in [4.78, 5) is 8.73. The van der Waals surface area contributed by atoms with Crippen molar-refractivity contribution in [2.75, 3.05) is 11.9 Å². The molecule has 0 fully saturated rings. The molecule has 0 radical (unpaired) electrons. The van der Waals surface area contributed by atoms with Gasteiger partial charge in [-0.1, -0.05) is 47.0 Å². The van der Waals surface area contributed by atoms with E-state index in [1.165, 1.54) is 39.1 Å². The number of anilines is 1. The Morgan fingerprint density at radius 1 is 0.673 bits per heavy atom. The van der Waals surface area contributed by atoms with Gasteiger partial charge < -0.3 is 14.5 Å². The van der Waals surface area contributed by atoms with Crippen LogP contribution in [0.25, 0.3) is 23.3 Å². The van der Waals surface area contributed by atoms with Crippen LogP contribution in [0.5, 0.6) is 0 Å². The van der Waals surface area contributed by atoms with Crippen molar-refractivity contribution in [1.29, 1.82) is 0 Å². The summed E-state index contributed by atoms with van der Waals surface area (Å²) >= 11 is 3.53. The van der Waals surface area contributed by atoms with Gasteiger partial charge in [0.2, 0.25) is 0 Å². The van der Waals surface area contributed by atoms with Crippen LogP contribution in [0.2, 0.25) is 0 Å². The van der Waals surface area contributed by atoms with E-state index >= 15 is 0 Å². The van der Waals surface area contributed by atoms with Crippen molar-refractivity contribution in [3.05, 3.63) is 187 Å². The van der Waals surface area contributed by atoms with E-state index in [0.29, 0.717) is 0 Å². The lowest BCUT2D eigenvalue weighted by Gasteiger charge is -2.07. The van der Waals surface area contributed by atoms with E-state index in [-0.39, 0.29) is 7.43 Å². The predicted octanol–water partition coefficient (Wildman–Crippen LogP) is 10.5. The smallest absolute Gasteiger partial charge is 0.0950 e. The number of hydrogen-bond acceptors (Lipinski definition) is 3. The SMILES string of the molecule is C.C=C=C=C=C=C=C=C=C=C=C=C=C=C=C.CCNc1ccc2c(c1)/C(=C/c1cn(C)cn1)CC2.Cn1cnc(/C=C2\CCc3ccc(Br)cc32)c1. The summed E-state index contributed by atoms with van der Waals surface area (Å²) in [5, 5.41) is 3.38. The van der Waals surface area contributed by atoms with Gasteiger partial charge >= 0.3 is 0 Å². The number of allylic oxidation sites excluding steroid dienone is 2. The molecule has 52 heavy (non-hydrogen) atoms. The average molecular weight is 743 g/mol. The number of nitrogens with zero attached hydrogens (tertiary/aromatic N) is 4. The molecule has 2 aliphatic carbocycles. The van der Waals surface area contributed by atoms with Gasteiger partial charge in [0.05, 0.1) is 24.0 Å². The van der Waals surface area contributed by atoms with Crippen molar-refractivity contribution in [1.82, 2.24) is 19.1 Å². The number of aromatic nitrogens is 4. The molecule has 6 rings (SSSR count). The number of rotatable bonds is 4. The number of benzene rings is 2. The highest BCUT2D eigenvalue weighted by Crippen LogP contribution is 2.36. The normalized spacial score (nSPS) is 12.2. The van der Waals surface area contributed by atoms with Gasteiger partial charge in [-0.2, -0.15) is 0 Å². The van der Waals surface area contributed by atoms with E-state index < -0.39 is 0 Å². The predicted molar refractivity (Wildman–Crippen MR) is 217 cm³/mol. The maximum Gasteiger partial charge on any atom is 0.0950 e. The highest BCUT2D eigenvalue weighted by molar-refractivity contribution is 9.10. The quantitative estimate of drug-likeness (QED) is 0.212. The van der Waals surface area contributed by atoms with E-state index in [1.807, 2.05) is 42.1 Å². The summed E-state index contributed by atoms with van der Waals surface area (Å²) in [5.41, 5.74) is 43.6. The summed E-state index contributed by atoms with van der Waals surface area (Å²) in [6, 6.07) is 13.2. The number of hydrogen-bond donors (Lipinski definition) is 1. The van der Waals surface area contributed by atoms with Crippen LogP contribution in [-0.4, -0.2) is 25.6 Å². The van der Waals surface area contributed by atoms with Gasteiger partial charge in [-0.3, -0.25) is 0 Å². The van der Waals surface area contributed by atoms with Crippen LogP contribution in [0.1, 0.15) is 60.8 Å². The Morgan fingerprint density at radius 2 is 1.12 bits per heavy atom. The number of halogens is 1. The van der Waals surface area contributed by atoms with Crippen LogP contribution in [-0.2, 0) is 26.9 Å².